The van der Waals surface area contributed by atoms with Crippen molar-refractivity contribution in [3.8, 4) is 28.5 Å². The molecule has 28 heavy (non-hydrogen) atoms. The molecule has 144 valence electrons. The van der Waals surface area contributed by atoms with Crippen LogP contribution in [0.15, 0.2) is 48.9 Å². The largest absolute Gasteiger partial charge is 0.481 e. The number of ether oxygens (including phenoxy) is 3. The second-order valence-electron chi connectivity index (χ2n) is 6.41. The highest BCUT2D eigenvalue weighted by Crippen LogP contribution is 2.35. The van der Waals surface area contributed by atoms with Crippen LogP contribution in [0.4, 0.5) is 0 Å². The predicted octanol–water partition coefficient (Wildman–Crippen LogP) is 2.29. The molecule has 0 fully saturated rings. The first kappa shape index (κ1) is 17.8. The number of hydrogen-bond acceptors (Lipinski definition) is 6. The van der Waals surface area contributed by atoms with Crippen molar-refractivity contribution in [2.75, 3.05) is 6.79 Å². The maximum atomic E-state index is 12.5. The zero-order valence-corrected chi connectivity index (χ0v) is 15.6. The first-order valence-electron chi connectivity index (χ1n) is 8.87. The van der Waals surface area contributed by atoms with Crippen LogP contribution < -0.4 is 19.5 Å². The van der Waals surface area contributed by atoms with Gasteiger partial charge in [0, 0.05) is 37.6 Å². The molecular weight excluding hydrogens is 360 g/mol. The van der Waals surface area contributed by atoms with Crippen molar-refractivity contribution in [2.45, 2.75) is 19.6 Å². The number of carbonyl (C=O) groups is 1. The van der Waals surface area contributed by atoms with Crippen LogP contribution in [0, 0.1) is 0 Å². The summed E-state index contributed by atoms with van der Waals surface area (Å²) in [6.07, 6.45) is 4.69. The van der Waals surface area contributed by atoms with Gasteiger partial charge in [0.25, 0.3) is 5.91 Å². The standard InChI is InChI=1S/C20H20N4O4/c1-13(28-16-5-6-17-18(8-16)27-12-26-17)20(25)22-9-14-4-3-7-21-19(14)15-10-23-24(2)11-15/h3-8,10-11,13H,9,12H2,1-2H3,(H,22,25). The van der Waals surface area contributed by atoms with E-state index in [9.17, 15) is 4.79 Å². The summed E-state index contributed by atoms with van der Waals surface area (Å²) in [6, 6.07) is 9.00. The Morgan fingerprint density at radius 3 is 3.00 bits per heavy atom. The number of fused-ring (bicyclic) bond motifs is 1. The van der Waals surface area contributed by atoms with Crippen LogP contribution in [0.1, 0.15) is 12.5 Å². The van der Waals surface area contributed by atoms with Gasteiger partial charge in [-0.25, -0.2) is 0 Å². The summed E-state index contributed by atoms with van der Waals surface area (Å²) >= 11 is 0. The zero-order chi connectivity index (χ0) is 19.5. The lowest BCUT2D eigenvalue weighted by Gasteiger charge is -2.15. The molecule has 1 aliphatic rings. The van der Waals surface area contributed by atoms with Gasteiger partial charge >= 0.3 is 0 Å². The molecule has 1 unspecified atom stereocenters. The molecule has 1 amide bonds. The number of benzene rings is 1. The van der Waals surface area contributed by atoms with Gasteiger partial charge in [0.05, 0.1) is 11.9 Å². The number of aromatic nitrogens is 3. The number of amides is 1. The van der Waals surface area contributed by atoms with E-state index in [0.29, 0.717) is 23.8 Å². The second kappa shape index (κ2) is 7.59. The summed E-state index contributed by atoms with van der Waals surface area (Å²) in [5, 5.41) is 7.08. The molecule has 3 aromatic rings. The summed E-state index contributed by atoms with van der Waals surface area (Å²) in [7, 11) is 1.85. The molecule has 1 atom stereocenters. The molecule has 0 bridgehead atoms. The van der Waals surface area contributed by atoms with Crippen LogP contribution in [0.2, 0.25) is 0 Å². The van der Waals surface area contributed by atoms with Crippen molar-refractivity contribution in [1.29, 1.82) is 0 Å². The van der Waals surface area contributed by atoms with Crippen LogP contribution in [0.5, 0.6) is 17.2 Å². The van der Waals surface area contributed by atoms with E-state index >= 15 is 0 Å². The van der Waals surface area contributed by atoms with E-state index in [1.807, 2.05) is 25.4 Å². The van der Waals surface area contributed by atoms with Gasteiger partial charge < -0.3 is 19.5 Å². The van der Waals surface area contributed by atoms with Crippen LogP contribution >= 0.6 is 0 Å². The second-order valence-corrected chi connectivity index (χ2v) is 6.41. The topological polar surface area (TPSA) is 87.5 Å². The van der Waals surface area contributed by atoms with Crippen molar-refractivity contribution in [3.63, 3.8) is 0 Å². The molecule has 1 aromatic carbocycles. The third-order valence-corrected chi connectivity index (χ3v) is 4.35. The fourth-order valence-electron chi connectivity index (χ4n) is 2.92. The lowest BCUT2D eigenvalue weighted by atomic mass is 10.1. The summed E-state index contributed by atoms with van der Waals surface area (Å²) < 4.78 is 18.0. The average molecular weight is 380 g/mol. The molecule has 1 aliphatic heterocycles. The maximum Gasteiger partial charge on any atom is 0.261 e. The Kier molecular flexibility index (Phi) is 4.84. The number of pyridine rings is 1. The first-order chi connectivity index (χ1) is 13.6. The lowest BCUT2D eigenvalue weighted by molar-refractivity contribution is -0.127. The molecule has 0 saturated carbocycles. The number of aryl methyl sites for hydroxylation is 1. The van der Waals surface area contributed by atoms with Crippen molar-refractivity contribution in [3.05, 3.63) is 54.5 Å². The molecule has 8 heteroatoms. The van der Waals surface area contributed by atoms with E-state index in [1.165, 1.54) is 0 Å². The Hall–Kier alpha value is -3.55. The van der Waals surface area contributed by atoms with Gasteiger partial charge in [0.15, 0.2) is 17.6 Å². The molecule has 2 aromatic heterocycles. The highest BCUT2D eigenvalue weighted by molar-refractivity contribution is 5.81. The Labute approximate surface area is 162 Å². The smallest absolute Gasteiger partial charge is 0.261 e. The normalized spacial score (nSPS) is 13.2. The van der Waals surface area contributed by atoms with E-state index in [-0.39, 0.29) is 12.7 Å². The first-order valence-corrected chi connectivity index (χ1v) is 8.87. The number of nitrogens with zero attached hydrogens (tertiary/aromatic N) is 3. The van der Waals surface area contributed by atoms with Crippen LogP contribution in [0.3, 0.4) is 0 Å². The van der Waals surface area contributed by atoms with Crippen LogP contribution in [0.25, 0.3) is 11.3 Å². The SMILES string of the molecule is CC(Oc1ccc2c(c1)OCO2)C(=O)NCc1cccnc1-c1cnn(C)c1. The number of hydrogen-bond donors (Lipinski definition) is 1. The van der Waals surface area contributed by atoms with Gasteiger partial charge in [-0.3, -0.25) is 14.5 Å². The predicted molar refractivity (Wildman–Crippen MR) is 101 cm³/mol. The third-order valence-electron chi connectivity index (χ3n) is 4.35. The fourth-order valence-corrected chi connectivity index (χ4v) is 2.92. The fraction of sp³-hybridized carbons (Fsp3) is 0.250. The van der Waals surface area contributed by atoms with E-state index in [2.05, 4.69) is 15.4 Å². The van der Waals surface area contributed by atoms with Gasteiger partial charge in [-0.2, -0.15) is 5.10 Å². The molecule has 0 radical (unpaired) electrons. The molecule has 8 nitrogen and oxygen atoms in total. The maximum absolute atomic E-state index is 12.5. The molecule has 4 rings (SSSR count). The minimum absolute atomic E-state index is 0.194. The highest BCUT2D eigenvalue weighted by Gasteiger charge is 2.18. The monoisotopic (exact) mass is 380 g/mol. The van der Waals surface area contributed by atoms with E-state index in [4.69, 9.17) is 14.2 Å². The summed E-state index contributed by atoms with van der Waals surface area (Å²) in [5.41, 5.74) is 2.59. The third kappa shape index (κ3) is 3.75. The molecule has 1 N–H and O–H groups in total. The van der Waals surface area contributed by atoms with Gasteiger partial charge in [-0.15, -0.1) is 0 Å². The van der Waals surface area contributed by atoms with Crippen molar-refractivity contribution in [2.24, 2.45) is 7.05 Å². The Balaban J connectivity index is 1.39. The summed E-state index contributed by atoms with van der Waals surface area (Å²) in [4.78, 5) is 16.9. The molecule has 0 aliphatic carbocycles. The minimum atomic E-state index is -0.668. The molecule has 3 heterocycles. The van der Waals surface area contributed by atoms with Crippen LogP contribution in [-0.4, -0.2) is 33.6 Å². The number of rotatable bonds is 6. The van der Waals surface area contributed by atoms with Gasteiger partial charge in [0.2, 0.25) is 6.79 Å². The van der Waals surface area contributed by atoms with E-state index in [0.717, 1.165) is 16.8 Å². The van der Waals surface area contributed by atoms with Gasteiger partial charge in [0.1, 0.15) is 5.75 Å². The average Bonchev–Trinajstić information content (AvgIpc) is 3.34. The van der Waals surface area contributed by atoms with Gasteiger partial charge in [-0.05, 0) is 30.7 Å². The highest BCUT2D eigenvalue weighted by atomic mass is 16.7. The molecule has 0 saturated heterocycles. The Morgan fingerprint density at radius 2 is 2.18 bits per heavy atom. The number of carbonyl (C=O) groups excluding carboxylic acids is 1. The summed E-state index contributed by atoms with van der Waals surface area (Å²) in [6.45, 7) is 2.23. The van der Waals surface area contributed by atoms with Gasteiger partial charge in [-0.1, -0.05) is 6.07 Å². The zero-order valence-electron chi connectivity index (χ0n) is 15.6. The van der Waals surface area contributed by atoms with E-state index in [1.54, 1.807) is 42.2 Å². The summed E-state index contributed by atoms with van der Waals surface area (Å²) in [5.74, 6) is 1.61. The van der Waals surface area contributed by atoms with Crippen molar-refractivity contribution < 1.29 is 19.0 Å². The van der Waals surface area contributed by atoms with Crippen molar-refractivity contribution >= 4 is 5.91 Å². The minimum Gasteiger partial charge on any atom is -0.481 e. The molecular formula is C20H20N4O4. The van der Waals surface area contributed by atoms with E-state index < -0.39 is 6.10 Å². The lowest BCUT2D eigenvalue weighted by Crippen LogP contribution is -2.36. The Bertz CT molecular complexity index is 1000. The number of nitrogens with one attached hydrogen (secondary N) is 1. The molecule has 0 spiro atoms. The Morgan fingerprint density at radius 1 is 1.32 bits per heavy atom. The van der Waals surface area contributed by atoms with Crippen molar-refractivity contribution in [1.82, 2.24) is 20.1 Å². The quantitative estimate of drug-likeness (QED) is 0.706. The van der Waals surface area contributed by atoms with Crippen LogP contribution in [-0.2, 0) is 18.4 Å².